The molecule has 2 heterocycles. The summed E-state index contributed by atoms with van der Waals surface area (Å²) in [6, 6.07) is 22.9. The molecule has 160 valence electrons. The highest BCUT2D eigenvalue weighted by atomic mass is 16.5. The van der Waals surface area contributed by atoms with Gasteiger partial charge in [0.15, 0.2) is 0 Å². The number of benzene rings is 3. The van der Waals surface area contributed by atoms with Gasteiger partial charge in [0.25, 0.3) is 5.56 Å². The summed E-state index contributed by atoms with van der Waals surface area (Å²) in [6.45, 7) is 0.401. The highest BCUT2D eigenvalue weighted by Gasteiger charge is 2.20. The fourth-order valence-corrected chi connectivity index (χ4v) is 4.04. The van der Waals surface area contributed by atoms with Crippen LogP contribution in [-0.2, 0) is 6.54 Å². The van der Waals surface area contributed by atoms with Gasteiger partial charge in [0.2, 0.25) is 0 Å². The molecule has 2 N–H and O–H groups in total. The van der Waals surface area contributed by atoms with Gasteiger partial charge in [0.05, 0.1) is 26.3 Å². The SMILES string of the molecule is COc1ccc(Cn2c(=O)c3c(N)n(-c4ccccc4OC)nc3c3ccccc32)cc1. The van der Waals surface area contributed by atoms with Gasteiger partial charge in [-0.05, 0) is 35.9 Å². The fraction of sp³-hybridized carbons (Fsp3) is 0.120. The molecule has 0 unspecified atom stereocenters. The van der Waals surface area contributed by atoms with Crippen molar-refractivity contribution in [2.75, 3.05) is 20.0 Å². The van der Waals surface area contributed by atoms with Crippen molar-refractivity contribution in [2.24, 2.45) is 0 Å². The quantitative estimate of drug-likeness (QED) is 0.459. The first-order valence-electron chi connectivity index (χ1n) is 10.2. The third-order valence-electron chi connectivity index (χ3n) is 5.64. The van der Waals surface area contributed by atoms with Crippen molar-refractivity contribution in [1.82, 2.24) is 14.3 Å². The molecule has 0 fully saturated rings. The number of rotatable bonds is 5. The summed E-state index contributed by atoms with van der Waals surface area (Å²) in [5.74, 6) is 1.67. The van der Waals surface area contributed by atoms with Gasteiger partial charge in [-0.3, -0.25) is 4.79 Å². The maximum Gasteiger partial charge on any atom is 0.264 e. The maximum atomic E-state index is 13.7. The molecule has 7 heteroatoms. The van der Waals surface area contributed by atoms with Crippen LogP contribution in [-0.4, -0.2) is 28.6 Å². The van der Waals surface area contributed by atoms with E-state index in [1.807, 2.05) is 72.8 Å². The van der Waals surface area contributed by atoms with Crippen LogP contribution in [0.2, 0.25) is 0 Å². The summed E-state index contributed by atoms with van der Waals surface area (Å²) in [6.07, 6.45) is 0. The Balaban J connectivity index is 1.77. The predicted octanol–water partition coefficient (Wildman–Crippen LogP) is 3.99. The average Bonchev–Trinajstić information content (AvgIpc) is 3.19. The van der Waals surface area contributed by atoms with E-state index < -0.39 is 0 Å². The number of nitrogen functional groups attached to an aromatic ring is 1. The molecule has 0 aliphatic rings. The largest absolute Gasteiger partial charge is 0.497 e. The van der Waals surface area contributed by atoms with E-state index in [1.165, 1.54) is 0 Å². The Morgan fingerprint density at radius 3 is 2.38 bits per heavy atom. The zero-order chi connectivity index (χ0) is 22.2. The Morgan fingerprint density at radius 2 is 1.62 bits per heavy atom. The van der Waals surface area contributed by atoms with Crippen molar-refractivity contribution in [3.63, 3.8) is 0 Å². The first-order chi connectivity index (χ1) is 15.6. The van der Waals surface area contributed by atoms with Crippen molar-refractivity contribution < 1.29 is 9.47 Å². The number of aromatic nitrogens is 3. The third kappa shape index (κ3) is 3.06. The second kappa shape index (κ2) is 7.77. The second-order valence-corrected chi connectivity index (χ2v) is 7.45. The number of pyridine rings is 1. The molecule has 32 heavy (non-hydrogen) atoms. The van der Waals surface area contributed by atoms with Gasteiger partial charge >= 0.3 is 0 Å². The molecule has 0 saturated carbocycles. The van der Waals surface area contributed by atoms with Gasteiger partial charge in [-0.1, -0.05) is 42.5 Å². The number of nitrogens with two attached hydrogens (primary N) is 1. The van der Waals surface area contributed by atoms with Crippen LogP contribution in [0.5, 0.6) is 11.5 Å². The monoisotopic (exact) mass is 426 g/mol. The van der Waals surface area contributed by atoms with Crippen LogP contribution in [0, 0.1) is 0 Å². The molecule has 0 aliphatic heterocycles. The number of fused-ring (bicyclic) bond motifs is 3. The number of methoxy groups -OCH3 is 2. The summed E-state index contributed by atoms with van der Waals surface area (Å²) >= 11 is 0. The number of para-hydroxylation sites is 3. The lowest BCUT2D eigenvalue weighted by molar-refractivity contribution is 0.412. The molecular weight excluding hydrogens is 404 g/mol. The second-order valence-electron chi connectivity index (χ2n) is 7.45. The van der Waals surface area contributed by atoms with E-state index in [2.05, 4.69) is 0 Å². The zero-order valence-corrected chi connectivity index (χ0v) is 17.8. The van der Waals surface area contributed by atoms with Gasteiger partial charge in [-0.2, -0.15) is 5.10 Å². The van der Waals surface area contributed by atoms with Crippen LogP contribution in [0.25, 0.3) is 27.5 Å². The van der Waals surface area contributed by atoms with Crippen molar-refractivity contribution in [3.05, 3.63) is 88.7 Å². The third-order valence-corrected chi connectivity index (χ3v) is 5.64. The first-order valence-corrected chi connectivity index (χ1v) is 10.2. The molecular formula is C25H22N4O3. The molecule has 5 rings (SSSR count). The number of nitrogens with zero attached hydrogens (tertiary/aromatic N) is 3. The summed E-state index contributed by atoms with van der Waals surface area (Å²) in [5.41, 5.74) is 9.34. The summed E-state index contributed by atoms with van der Waals surface area (Å²) in [5, 5.41) is 5.98. The molecule has 0 radical (unpaired) electrons. The van der Waals surface area contributed by atoms with E-state index in [9.17, 15) is 4.79 Å². The van der Waals surface area contributed by atoms with Crippen LogP contribution in [0.3, 0.4) is 0 Å². The van der Waals surface area contributed by atoms with Crippen molar-refractivity contribution in [2.45, 2.75) is 6.54 Å². The molecule has 3 aromatic carbocycles. The van der Waals surface area contributed by atoms with Gasteiger partial charge in [0.1, 0.15) is 33.9 Å². The van der Waals surface area contributed by atoms with Crippen molar-refractivity contribution >= 4 is 27.6 Å². The molecule has 2 aromatic heterocycles. The number of ether oxygens (including phenoxy) is 2. The zero-order valence-electron chi connectivity index (χ0n) is 17.8. The van der Waals surface area contributed by atoms with E-state index >= 15 is 0 Å². The highest BCUT2D eigenvalue weighted by molar-refractivity contribution is 6.07. The molecule has 0 bridgehead atoms. The van der Waals surface area contributed by atoms with Crippen LogP contribution in [0.15, 0.2) is 77.6 Å². The molecule has 0 atom stereocenters. The minimum atomic E-state index is -0.187. The topological polar surface area (TPSA) is 84.3 Å². The van der Waals surface area contributed by atoms with E-state index in [0.29, 0.717) is 28.9 Å². The van der Waals surface area contributed by atoms with Crippen LogP contribution in [0.4, 0.5) is 5.82 Å². The van der Waals surface area contributed by atoms with E-state index in [4.69, 9.17) is 20.3 Å². The fourth-order valence-electron chi connectivity index (χ4n) is 4.04. The average molecular weight is 426 g/mol. The van der Waals surface area contributed by atoms with Crippen molar-refractivity contribution in [1.29, 1.82) is 0 Å². The van der Waals surface area contributed by atoms with E-state index in [0.717, 1.165) is 22.2 Å². The first kappa shape index (κ1) is 19.7. The predicted molar refractivity (Wildman–Crippen MR) is 126 cm³/mol. The van der Waals surface area contributed by atoms with Gasteiger partial charge in [0, 0.05) is 5.39 Å². The summed E-state index contributed by atoms with van der Waals surface area (Å²) < 4.78 is 14.0. The van der Waals surface area contributed by atoms with Crippen LogP contribution >= 0.6 is 0 Å². The standard InChI is InChI=1S/C25H22N4O3/c1-31-17-13-11-16(12-14-17)15-28-19-8-4-3-7-18(19)23-22(25(28)30)24(26)29(27-23)20-9-5-6-10-21(20)32-2/h3-14H,15,26H2,1-2H3. The van der Waals surface area contributed by atoms with E-state index in [-0.39, 0.29) is 11.4 Å². The minimum Gasteiger partial charge on any atom is -0.497 e. The molecule has 0 amide bonds. The van der Waals surface area contributed by atoms with Gasteiger partial charge in [-0.15, -0.1) is 0 Å². The number of hydrogen-bond donors (Lipinski definition) is 1. The normalized spacial score (nSPS) is 11.2. The maximum absolute atomic E-state index is 13.7. The Morgan fingerprint density at radius 1 is 0.906 bits per heavy atom. The lowest BCUT2D eigenvalue weighted by Gasteiger charge is -2.12. The van der Waals surface area contributed by atoms with Gasteiger partial charge < -0.3 is 19.8 Å². The Hall–Kier alpha value is -4.26. The lowest BCUT2D eigenvalue weighted by atomic mass is 10.1. The molecule has 0 aliphatic carbocycles. The number of hydrogen-bond acceptors (Lipinski definition) is 5. The molecule has 5 aromatic rings. The van der Waals surface area contributed by atoms with E-state index in [1.54, 1.807) is 23.5 Å². The Labute approximate surface area is 184 Å². The highest BCUT2D eigenvalue weighted by Crippen LogP contribution is 2.31. The Kier molecular flexibility index (Phi) is 4.78. The van der Waals surface area contributed by atoms with Crippen molar-refractivity contribution in [3.8, 4) is 17.2 Å². The summed E-state index contributed by atoms with van der Waals surface area (Å²) in [4.78, 5) is 13.7. The lowest BCUT2D eigenvalue weighted by Crippen LogP contribution is -2.22. The molecule has 0 saturated heterocycles. The van der Waals surface area contributed by atoms with Gasteiger partial charge in [-0.25, -0.2) is 4.68 Å². The minimum absolute atomic E-state index is 0.187. The number of anilines is 1. The summed E-state index contributed by atoms with van der Waals surface area (Å²) in [7, 11) is 3.22. The smallest absolute Gasteiger partial charge is 0.264 e. The van der Waals surface area contributed by atoms with Crippen LogP contribution < -0.4 is 20.8 Å². The Bertz CT molecular complexity index is 1500. The van der Waals surface area contributed by atoms with Crippen LogP contribution in [0.1, 0.15) is 5.56 Å². The molecule has 0 spiro atoms. The molecule has 7 nitrogen and oxygen atoms in total.